The second kappa shape index (κ2) is 6.39. The van der Waals surface area contributed by atoms with Gasteiger partial charge in [-0.05, 0) is 31.0 Å². The van der Waals surface area contributed by atoms with Crippen LogP contribution in [0.1, 0.15) is 29.6 Å². The van der Waals surface area contributed by atoms with E-state index in [9.17, 15) is 9.59 Å². The van der Waals surface area contributed by atoms with E-state index in [0.717, 1.165) is 17.3 Å². The molecule has 6 heteroatoms. The van der Waals surface area contributed by atoms with E-state index in [-0.39, 0.29) is 18.2 Å². The lowest BCUT2D eigenvalue weighted by Gasteiger charge is -2.07. The molecule has 1 aromatic rings. The molecular weight excluding hydrogens is 332 g/mol. The summed E-state index contributed by atoms with van der Waals surface area (Å²) in [6.45, 7) is 0.306. The van der Waals surface area contributed by atoms with Crippen molar-refractivity contribution in [2.75, 3.05) is 6.54 Å². The van der Waals surface area contributed by atoms with Crippen LogP contribution in [0, 0.1) is 0 Å². The van der Waals surface area contributed by atoms with Crippen molar-refractivity contribution in [3.63, 3.8) is 0 Å². The summed E-state index contributed by atoms with van der Waals surface area (Å²) < 4.78 is 0.786. The van der Waals surface area contributed by atoms with Gasteiger partial charge in [0.05, 0.1) is 10.6 Å². The van der Waals surface area contributed by atoms with Gasteiger partial charge in [0.25, 0.3) is 5.91 Å². The predicted octanol–water partition coefficient (Wildman–Crippen LogP) is 2.50. The number of rotatable bonds is 5. The van der Waals surface area contributed by atoms with Gasteiger partial charge in [0, 0.05) is 23.5 Å². The highest BCUT2D eigenvalue weighted by atomic mass is 79.9. The lowest BCUT2D eigenvalue weighted by molar-refractivity contribution is -0.121. The number of carbonyl (C=O) groups is 2. The summed E-state index contributed by atoms with van der Waals surface area (Å²) in [5.41, 5.74) is 0.402. The fourth-order valence-corrected chi connectivity index (χ4v) is 2.15. The number of hydrogen-bond acceptors (Lipinski definition) is 2. The summed E-state index contributed by atoms with van der Waals surface area (Å²) >= 11 is 9.24. The van der Waals surface area contributed by atoms with Crippen molar-refractivity contribution in [1.82, 2.24) is 10.6 Å². The van der Waals surface area contributed by atoms with Gasteiger partial charge in [-0.3, -0.25) is 9.59 Å². The van der Waals surface area contributed by atoms with Gasteiger partial charge in [0.2, 0.25) is 5.91 Å². The van der Waals surface area contributed by atoms with Gasteiger partial charge in [-0.25, -0.2) is 0 Å². The summed E-state index contributed by atoms with van der Waals surface area (Å²) in [5.74, 6) is -0.298. The molecule has 0 spiro atoms. The van der Waals surface area contributed by atoms with Crippen LogP contribution in [0.25, 0.3) is 0 Å². The summed E-state index contributed by atoms with van der Waals surface area (Å²) in [5, 5.41) is 5.94. The minimum Gasteiger partial charge on any atom is -0.353 e. The Kier molecular flexibility index (Phi) is 4.82. The van der Waals surface area contributed by atoms with Crippen LogP contribution in [-0.4, -0.2) is 24.4 Å². The Labute approximate surface area is 125 Å². The van der Waals surface area contributed by atoms with Crippen molar-refractivity contribution < 1.29 is 9.59 Å². The Balaban J connectivity index is 1.80. The fraction of sp³-hybridized carbons (Fsp3) is 0.385. The molecule has 2 rings (SSSR count). The Bertz CT molecular complexity index is 503. The largest absolute Gasteiger partial charge is 0.353 e. The van der Waals surface area contributed by atoms with Gasteiger partial charge in [-0.15, -0.1) is 0 Å². The maximum Gasteiger partial charge on any atom is 0.252 e. The number of amides is 2. The molecule has 2 N–H and O–H groups in total. The molecule has 0 saturated heterocycles. The van der Waals surface area contributed by atoms with Crippen molar-refractivity contribution in [2.45, 2.75) is 25.3 Å². The average molecular weight is 346 g/mol. The molecule has 102 valence electrons. The molecule has 0 heterocycles. The van der Waals surface area contributed by atoms with Crippen LogP contribution < -0.4 is 10.6 Å². The van der Waals surface area contributed by atoms with E-state index in [4.69, 9.17) is 11.6 Å². The number of benzene rings is 1. The molecule has 1 aliphatic carbocycles. The van der Waals surface area contributed by atoms with Crippen molar-refractivity contribution in [2.24, 2.45) is 0 Å². The zero-order chi connectivity index (χ0) is 13.8. The predicted molar refractivity (Wildman–Crippen MR) is 77.3 cm³/mol. The van der Waals surface area contributed by atoms with Crippen LogP contribution in [0.2, 0.25) is 5.02 Å². The van der Waals surface area contributed by atoms with E-state index in [1.54, 1.807) is 18.2 Å². The summed E-state index contributed by atoms with van der Waals surface area (Å²) in [7, 11) is 0. The van der Waals surface area contributed by atoms with Crippen molar-refractivity contribution in [3.05, 3.63) is 33.3 Å². The topological polar surface area (TPSA) is 58.2 Å². The van der Waals surface area contributed by atoms with Crippen LogP contribution >= 0.6 is 27.5 Å². The Hall–Kier alpha value is -1.07. The highest BCUT2D eigenvalue weighted by Crippen LogP contribution is 2.21. The third-order valence-electron chi connectivity index (χ3n) is 2.75. The van der Waals surface area contributed by atoms with E-state index in [1.165, 1.54) is 0 Å². The quantitative estimate of drug-likeness (QED) is 0.861. The standard InChI is InChI=1S/C13H14BrClN2O2/c14-8-1-4-11(15)10(7-8)13(19)16-6-5-12(18)17-9-2-3-9/h1,4,7,9H,2-3,5-6H2,(H,16,19)(H,17,18). The van der Waals surface area contributed by atoms with Crippen molar-refractivity contribution >= 4 is 39.3 Å². The third kappa shape index (κ3) is 4.51. The normalized spacial score (nSPS) is 14.0. The van der Waals surface area contributed by atoms with Gasteiger partial charge in [-0.2, -0.15) is 0 Å². The van der Waals surface area contributed by atoms with Gasteiger partial charge < -0.3 is 10.6 Å². The molecular formula is C13H14BrClN2O2. The summed E-state index contributed by atoms with van der Waals surface area (Å²) in [6.07, 6.45) is 2.41. The first-order valence-electron chi connectivity index (χ1n) is 6.09. The van der Waals surface area contributed by atoms with E-state index >= 15 is 0 Å². The zero-order valence-corrected chi connectivity index (χ0v) is 12.6. The minimum atomic E-state index is -0.273. The number of halogens is 2. The zero-order valence-electron chi connectivity index (χ0n) is 10.2. The Morgan fingerprint density at radius 3 is 2.79 bits per heavy atom. The Morgan fingerprint density at radius 2 is 2.11 bits per heavy atom. The molecule has 1 saturated carbocycles. The monoisotopic (exact) mass is 344 g/mol. The van der Waals surface area contributed by atoms with Crippen molar-refractivity contribution in [1.29, 1.82) is 0 Å². The second-order valence-electron chi connectivity index (χ2n) is 4.47. The molecule has 1 aliphatic rings. The van der Waals surface area contributed by atoms with Gasteiger partial charge in [0.1, 0.15) is 0 Å². The fourth-order valence-electron chi connectivity index (χ4n) is 1.58. The molecule has 0 radical (unpaired) electrons. The molecule has 4 nitrogen and oxygen atoms in total. The molecule has 0 bridgehead atoms. The van der Waals surface area contributed by atoms with Crippen LogP contribution in [0.4, 0.5) is 0 Å². The second-order valence-corrected chi connectivity index (χ2v) is 5.79. The SMILES string of the molecule is O=C(CCNC(=O)c1cc(Br)ccc1Cl)NC1CC1. The highest BCUT2D eigenvalue weighted by Gasteiger charge is 2.22. The maximum atomic E-state index is 11.9. The van der Waals surface area contributed by atoms with Gasteiger partial charge >= 0.3 is 0 Å². The first-order chi connectivity index (χ1) is 9.06. The molecule has 19 heavy (non-hydrogen) atoms. The minimum absolute atomic E-state index is 0.0249. The van der Waals surface area contributed by atoms with E-state index in [0.29, 0.717) is 23.2 Å². The van der Waals surface area contributed by atoms with Crippen LogP contribution in [0.3, 0.4) is 0 Å². The lowest BCUT2D eigenvalue weighted by Crippen LogP contribution is -2.31. The molecule has 1 fully saturated rings. The van der Waals surface area contributed by atoms with Crippen molar-refractivity contribution in [3.8, 4) is 0 Å². The molecule has 0 atom stereocenters. The summed E-state index contributed by atoms with van der Waals surface area (Å²) in [6, 6.07) is 5.42. The number of nitrogens with one attached hydrogen (secondary N) is 2. The molecule has 0 unspecified atom stereocenters. The van der Waals surface area contributed by atoms with E-state index < -0.39 is 0 Å². The smallest absolute Gasteiger partial charge is 0.252 e. The summed E-state index contributed by atoms with van der Waals surface area (Å²) in [4.78, 5) is 23.3. The van der Waals surface area contributed by atoms with E-state index in [2.05, 4.69) is 26.6 Å². The lowest BCUT2D eigenvalue weighted by atomic mass is 10.2. The number of carbonyl (C=O) groups excluding carboxylic acids is 2. The molecule has 1 aromatic carbocycles. The molecule has 0 aliphatic heterocycles. The maximum absolute atomic E-state index is 11.9. The average Bonchev–Trinajstić information content (AvgIpc) is 3.16. The van der Waals surface area contributed by atoms with Gasteiger partial charge in [-0.1, -0.05) is 27.5 Å². The molecule has 0 aromatic heterocycles. The van der Waals surface area contributed by atoms with Crippen LogP contribution in [-0.2, 0) is 4.79 Å². The van der Waals surface area contributed by atoms with E-state index in [1.807, 2.05) is 0 Å². The first kappa shape index (κ1) is 14.3. The van der Waals surface area contributed by atoms with Gasteiger partial charge in [0.15, 0.2) is 0 Å². The Morgan fingerprint density at radius 1 is 1.37 bits per heavy atom. The number of hydrogen-bond donors (Lipinski definition) is 2. The third-order valence-corrected chi connectivity index (χ3v) is 3.58. The first-order valence-corrected chi connectivity index (χ1v) is 7.26. The molecule has 2 amide bonds. The van der Waals surface area contributed by atoms with Crippen LogP contribution in [0.15, 0.2) is 22.7 Å². The van der Waals surface area contributed by atoms with Crippen LogP contribution in [0.5, 0.6) is 0 Å². The highest BCUT2D eigenvalue weighted by molar-refractivity contribution is 9.10.